The number of nitrogens with zero attached hydrogens (tertiary/aromatic N) is 1. The first-order chi connectivity index (χ1) is 9.56. The second-order valence-corrected chi connectivity index (χ2v) is 5.98. The molecule has 1 aliphatic heterocycles. The summed E-state index contributed by atoms with van der Waals surface area (Å²) < 4.78 is 0. The highest BCUT2D eigenvalue weighted by Crippen LogP contribution is 2.16. The summed E-state index contributed by atoms with van der Waals surface area (Å²) in [5, 5.41) is 6.26. The van der Waals surface area contributed by atoms with Crippen molar-refractivity contribution in [3.8, 4) is 0 Å². The van der Waals surface area contributed by atoms with Crippen molar-refractivity contribution >= 4 is 30.7 Å². The first-order valence-corrected chi connectivity index (χ1v) is 7.27. The van der Waals surface area contributed by atoms with Crippen molar-refractivity contribution in [1.82, 2.24) is 15.5 Å². The molecule has 1 atom stereocenters. The molecule has 1 fully saturated rings. The minimum Gasteiger partial charge on any atom is -0.352 e. The second kappa shape index (κ2) is 10.1. The maximum atomic E-state index is 12.1. The Morgan fingerprint density at radius 3 is 2.50 bits per heavy atom. The molecule has 2 rings (SSSR count). The van der Waals surface area contributed by atoms with Gasteiger partial charge in [0.15, 0.2) is 0 Å². The van der Waals surface area contributed by atoms with Crippen LogP contribution in [-0.2, 0) is 17.9 Å². The molecular weight excluding hydrogens is 321 g/mol. The van der Waals surface area contributed by atoms with Crippen molar-refractivity contribution in [2.24, 2.45) is 11.8 Å². The summed E-state index contributed by atoms with van der Waals surface area (Å²) in [6.45, 7) is 5.49. The zero-order chi connectivity index (χ0) is 14.5. The molecule has 0 aromatic heterocycles. The van der Waals surface area contributed by atoms with Gasteiger partial charge in [0.05, 0.1) is 0 Å². The average Bonchev–Trinajstić information content (AvgIpc) is 2.33. The van der Waals surface area contributed by atoms with Crippen molar-refractivity contribution in [2.45, 2.75) is 20.0 Å². The maximum Gasteiger partial charge on any atom is 0.223 e. The van der Waals surface area contributed by atoms with Gasteiger partial charge in [-0.2, -0.15) is 0 Å². The molecular formula is C16H27Cl2N3O. The van der Waals surface area contributed by atoms with Gasteiger partial charge in [-0.3, -0.25) is 4.79 Å². The van der Waals surface area contributed by atoms with E-state index in [0.717, 1.165) is 25.2 Å². The van der Waals surface area contributed by atoms with Crippen LogP contribution < -0.4 is 10.6 Å². The van der Waals surface area contributed by atoms with Crippen molar-refractivity contribution < 1.29 is 4.79 Å². The number of rotatable bonds is 6. The topological polar surface area (TPSA) is 44.4 Å². The predicted octanol–water partition coefficient (Wildman–Crippen LogP) is 2.06. The lowest BCUT2D eigenvalue weighted by atomic mass is 9.88. The lowest BCUT2D eigenvalue weighted by molar-refractivity contribution is -0.126. The minimum absolute atomic E-state index is 0. The van der Waals surface area contributed by atoms with Crippen LogP contribution in [0.15, 0.2) is 24.3 Å². The van der Waals surface area contributed by atoms with Crippen molar-refractivity contribution in [1.29, 1.82) is 0 Å². The number of benzene rings is 1. The monoisotopic (exact) mass is 347 g/mol. The molecule has 0 saturated carbocycles. The summed E-state index contributed by atoms with van der Waals surface area (Å²) in [6, 6.07) is 8.40. The molecule has 4 nitrogen and oxygen atoms in total. The van der Waals surface area contributed by atoms with Crippen LogP contribution in [0.2, 0.25) is 0 Å². The number of carbonyl (C=O) groups is 1. The molecule has 1 amide bonds. The van der Waals surface area contributed by atoms with E-state index in [0.29, 0.717) is 12.5 Å². The lowest BCUT2D eigenvalue weighted by Crippen LogP contribution is -2.49. The number of hydrogen-bond acceptors (Lipinski definition) is 3. The average molecular weight is 348 g/mol. The fraction of sp³-hybridized carbons (Fsp3) is 0.562. The van der Waals surface area contributed by atoms with E-state index in [1.165, 1.54) is 5.56 Å². The third-order valence-electron chi connectivity index (χ3n) is 3.89. The summed E-state index contributed by atoms with van der Waals surface area (Å²) in [4.78, 5) is 14.2. The highest BCUT2D eigenvalue weighted by atomic mass is 35.5. The van der Waals surface area contributed by atoms with Crippen molar-refractivity contribution in [3.05, 3.63) is 35.4 Å². The van der Waals surface area contributed by atoms with E-state index in [1.54, 1.807) is 0 Å². The van der Waals surface area contributed by atoms with Crippen LogP contribution in [0.1, 0.15) is 18.1 Å². The fourth-order valence-corrected chi connectivity index (χ4v) is 2.43. The molecule has 126 valence electrons. The van der Waals surface area contributed by atoms with Crippen LogP contribution in [0.4, 0.5) is 0 Å². The third-order valence-corrected chi connectivity index (χ3v) is 3.89. The molecule has 2 N–H and O–H groups in total. The van der Waals surface area contributed by atoms with E-state index < -0.39 is 0 Å². The van der Waals surface area contributed by atoms with Gasteiger partial charge in [0.25, 0.3) is 0 Å². The van der Waals surface area contributed by atoms with Crippen LogP contribution in [0.3, 0.4) is 0 Å². The molecule has 6 heteroatoms. The Bertz CT molecular complexity index is 464. The van der Waals surface area contributed by atoms with E-state index in [2.05, 4.69) is 53.9 Å². The highest BCUT2D eigenvalue weighted by molar-refractivity contribution is 5.85. The van der Waals surface area contributed by atoms with Crippen LogP contribution in [-0.4, -0.2) is 38.0 Å². The van der Waals surface area contributed by atoms with Crippen LogP contribution in [0.5, 0.6) is 0 Å². The SMILES string of the molecule is CC(C(=O)NCc1cccc(CN(C)C)c1)C1CNC1.Cl.Cl. The molecule has 1 aliphatic rings. The number of amides is 1. The number of hydrogen-bond donors (Lipinski definition) is 2. The maximum absolute atomic E-state index is 12.1. The minimum atomic E-state index is 0. The van der Waals surface area contributed by atoms with Gasteiger partial charge in [-0.25, -0.2) is 0 Å². The predicted molar refractivity (Wildman–Crippen MR) is 95.7 cm³/mol. The van der Waals surface area contributed by atoms with Crippen molar-refractivity contribution in [2.75, 3.05) is 27.2 Å². The van der Waals surface area contributed by atoms with Gasteiger partial charge in [0, 0.05) is 19.0 Å². The Morgan fingerprint density at radius 2 is 1.95 bits per heavy atom. The van der Waals surface area contributed by atoms with E-state index >= 15 is 0 Å². The lowest BCUT2D eigenvalue weighted by Gasteiger charge is -2.31. The molecule has 1 aromatic rings. The van der Waals surface area contributed by atoms with E-state index in [9.17, 15) is 4.79 Å². The zero-order valence-corrected chi connectivity index (χ0v) is 15.1. The van der Waals surface area contributed by atoms with Gasteiger partial charge in [0.1, 0.15) is 0 Å². The Labute approximate surface area is 145 Å². The number of carbonyl (C=O) groups excluding carboxylic acids is 1. The van der Waals surface area contributed by atoms with Gasteiger partial charge >= 0.3 is 0 Å². The van der Waals surface area contributed by atoms with E-state index in [1.807, 2.05) is 6.92 Å². The van der Waals surface area contributed by atoms with Crippen LogP contribution in [0.25, 0.3) is 0 Å². The Kier molecular flexibility index (Phi) is 9.69. The first kappa shape index (κ1) is 21.2. The Hall–Kier alpha value is -0.810. The van der Waals surface area contributed by atoms with Gasteiger partial charge in [-0.15, -0.1) is 24.8 Å². The summed E-state index contributed by atoms with van der Waals surface area (Å²) in [7, 11) is 4.12. The van der Waals surface area contributed by atoms with E-state index in [4.69, 9.17) is 0 Å². The molecule has 0 aliphatic carbocycles. The van der Waals surface area contributed by atoms with Crippen LogP contribution >= 0.6 is 24.8 Å². The first-order valence-electron chi connectivity index (χ1n) is 7.27. The molecule has 1 heterocycles. The standard InChI is InChI=1S/C16H25N3O.2ClH/c1-12(15-9-17-10-15)16(20)18-8-13-5-4-6-14(7-13)11-19(2)3;;/h4-7,12,15,17H,8-11H2,1-3H3,(H,18,20);2*1H. The second-order valence-electron chi connectivity index (χ2n) is 5.98. The Balaban J connectivity index is 0.00000220. The highest BCUT2D eigenvalue weighted by Gasteiger charge is 2.28. The Morgan fingerprint density at radius 1 is 1.32 bits per heavy atom. The van der Waals surface area contributed by atoms with Gasteiger partial charge in [-0.05, 0) is 44.2 Å². The molecule has 22 heavy (non-hydrogen) atoms. The van der Waals surface area contributed by atoms with Gasteiger partial charge in [-0.1, -0.05) is 31.2 Å². The molecule has 1 aromatic carbocycles. The molecule has 0 spiro atoms. The van der Waals surface area contributed by atoms with Gasteiger partial charge < -0.3 is 15.5 Å². The summed E-state index contributed by atoms with van der Waals surface area (Å²) >= 11 is 0. The largest absolute Gasteiger partial charge is 0.352 e. The molecule has 1 unspecified atom stereocenters. The zero-order valence-electron chi connectivity index (χ0n) is 13.5. The van der Waals surface area contributed by atoms with Gasteiger partial charge in [0.2, 0.25) is 5.91 Å². The molecule has 1 saturated heterocycles. The fourth-order valence-electron chi connectivity index (χ4n) is 2.43. The quantitative estimate of drug-likeness (QED) is 0.827. The summed E-state index contributed by atoms with van der Waals surface area (Å²) in [5.41, 5.74) is 2.44. The smallest absolute Gasteiger partial charge is 0.223 e. The number of halogens is 2. The van der Waals surface area contributed by atoms with E-state index in [-0.39, 0.29) is 36.6 Å². The van der Waals surface area contributed by atoms with Crippen molar-refractivity contribution in [3.63, 3.8) is 0 Å². The normalized spacial score (nSPS) is 15.3. The summed E-state index contributed by atoms with van der Waals surface area (Å²) in [6.07, 6.45) is 0. The third kappa shape index (κ3) is 6.13. The molecule has 0 radical (unpaired) electrons. The number of nitrogens with one attached hydrogen (secondary N) is 2. The summed E-state index contributed by atoms with van der Waals surface area (Å²) in [5.74, 6) is 0.755. The van der Waals surface area contributed by atoms with Crippen LogP contribution in [0, 0.1) is 11.8 Å². The molecule has 0 bridgehead atoms.